The Morgan fingerprint density at radius 2 is 1.67 bits per heavy atom. The van der Waals surface area contributed by atoms with E-state index in [2.05, 4.69) is 24.3 Å². The number of benzene rings is 3. The van der Waals surface area contributed by atoms with Crippen LogP contribution in [0.5, 0.6) is 5.75 Å². The van der Waals surface area contributed by atoms with E-state index in [0.717, 1.165) is 22.1 Å². The molecule has 3 aromatic rings. The Kier molecular flexibility index (Phi) is 2.65. The second-order valence-electron chi connectivity index (χ2n) is 4.32. The van der Waals surface area contributed by atoms with Crippen molar-refractivity contribution in [2.75, 3.05) is 7.11 Å². The van der Waals surface area contributed by atoms with Crippen LogP contribution in [0.2, 0.25) is 0 Å². The molecule has 90 valence electrons. The SMILES string of the molecule is COc1ccc2cc3ccccc3cc2c1CO. The van der Waals surface area contributed by atoms with E-state index in [1.54, 1.807) is 7.11 Å². The van der Waals surface area contributed by atoms with Gasteiger partial charge in [-0.05, 0) is 39.7 Å². The number of aliphatic hydroxyl groups is 1. The fourth-order valence-electron chi connectivity index (χ4n) is 2.41. The average Bonchev–Trinajstić information content (AvgIpc) is 2.43. The van der Waals surface area contributed by atoms with Crippen LogP contribution in [-0.4, -0.2) is 12.2 Å². The van der Waals surface area contributed by atoms with E-state index in [4.69, 9.17) is 4.74 Å². The highest BCUT2D eigenvalue weighted by Crippen LogP contribution is 2.31. The van der Waals surface area contributed by atoms with E-state index in [1.807, 2.05) is 24.3 Å². The molecule has 3 aromatic carbocycles. The van der Waals surface area contributed by atoms with E-state index in [0.29, 0.717) is 0 Å². The molecule has 0 aromatic heterocycles. The highest BCUT2D eigenvalue weighted by Gasteiger charge is 2.08. The number of hydrogen-bond acceptors (Lipinski definition) is 2. The van der Waals surface area contributed by atoms with E-state index in [1.165, 1.54) is 10.8 Å². The molecule has 0 heterocycles. The van der Waals surface area contributed by atoms with Crippen molar-refractivity contribution < 1.29 is 9.84 Å². The lowest BCUT2D eigenvalue weighted by Crippen LogP contribution is -1.93. The monoisotopic (exact) mass is 238 g/mol. The summed E-state index contributed by atoms with van der Waals surface area (Å²) in [5.74, 6) is 0.736. The number of ether oxygens (including phenoxy) is 1. The smallest absolute Gasteiger partial charge is 0.125 e. The van der Waals surface area contributed by atoms with Gasteiger partial charge >= 0.3 is 0 Å². The number of fused-ring (bicyclic) bond motifs is 2. The fourth-order valence-corrected chi connectivity index (χ4v) is 2.41. The maximum Gasteiger partial charge on any atom is 0.125 e. The third-order valence-corrected chi connectivity index (χ3v) is 3.33. The Morgan fingerprint density at radius 1 is 0.944 bits per heavy atom. The summed E-state index contributed by atoms with van der Waals surface area (Å²) in [5, 5.41) is 14.1. The molecule has 0 atom stereocenters. The van der Waals surface area contributed by atoms with E-state index < -0.39 is 0 Å². The summed E-state index contributed by atoms with van der Waals surface area (Å²) in [5.41, 5.74) is 0.848. The van der Waals surface area contributed by atoms with Gasteiger partial charge in [-0.3, -0.25) is 0 Å². The molecule has 18 heavy (non-hydrogen) atoms. The number of hydrogen-bond donors (Lipinski definition) is 1. The van der Waals surface area contributed by atoms with Gasteiger partial charge in [0.05, 0.1) is 13.7 Å². The number of methoxy groups -OCH3 is 1. The van der Waals surface area contributed by atoms with Crippen molar-refractivity contribution in [3.8, 4) is 5.75 Å². The Bertz CT molecular complexity index is 717. The Balaban J connectivity index is 2.42. The van der Waals surface area contributed by atoms with E-state index >= 15 is 0 Å². The minimum atomic E-state index is -0.0150. The van der Waals surface area contributed by atoms with Gasteiger partial charge in [-0.25, -0.2) is 0 Å². The zero-order chi connectivity index (χ0) is 12.5. The molecule has 2 nitrogen and oxygen atoms in total. The largest absolute Gasteiger partial charge is 0.496 e. The lowest BCUT2D eigenvalue weighted by Gasteiger charge is -2.11. The van der Waals surface area contributed by atoms with Crippen molar-refractivity contribution in [1.29, 1.82) is 0 Å². The first-order chi connectivity index (χ1) is 8.83. The van der Waals surface area contributed by atoms with Crippen LogP contribution in [0, 0.1) is 0 Å². The molecule has 0 fully saturated rings. The first-order valence-corrected chi connectivity index (χ1v) is 5.92. The summed E-state index contributed by atoms with van der Waals surface area (Å²) in [6.07, 6.45) is 0. The van der Waals surface area contributed by atoms with Gasteiger partial charge in [0.1, 0.15) is 5.75 Å². The molecule has 0 aliphatic heterocycles. The van der Waals surface area contributed by atoms with Gasteiger partial charge in [0.15, 0.2) is 0 Å². The Hall–Kier alpha value is -2.06. The van der Waals surface area contributed by atoms with Crippen LogP contribution in [0.4, 0.5) is 0 Å². The average molecular weight is 238 g/mol. The van der Waals surface area contributed by atoms with Gasteiger partial charge in [0, 0.05) is 5.56 Å². The zero-order valence-corrected chi connectivity index (χ0v) is 10.2. The van der Waals surface area contributed by atoms with E-state index in [-0.39, 0.29) is 6.61 Å². The van der Waals surface area contributed by atoms with Gasteiger partial charge in [0.2, 0.25) is 0 Å². The topological polar surface area (TPSA) is 29.5 Å². The van der Waals surface area contributed by atoms with Gasteiger partial charge in [-0.2, -0.15) is 0 Å². The second-order valence-corrected chi connectivity index (χ2v) is 4.32. The van der Waals surface area contributed by atoms with Crippen LogP contribution < -0.4 is 4.74 Å². The van der Waals surface area contributed by atoms with Gasteiger partial charge < -0.3 is 9.84 Å². The molecule has 0 spiro atoms. The van der Waals surface area contributed by atoms with Crippen molar-refractivity contribution in [2.45, 2.75) is 6.61 Å². The van der Waals surface area contributed by atoms with Crippen molar-refractivity contribution >= 4 is 21.5 Å². The highest BCUT2D eigenvalue weighted by atomic mass is 16.5. The Labute approximate surface area is 105 Å². The lowest BCUT2D eigenvalue weighted by molar-refractivity contribution is 0.275. The van der Waals surface area contributed by atoms with Crippen molar-refractivity contribution in [3.63, 3.8) is 0 Å². The van der Waals surface area contributed by atoms with Crippen LogP contribution in [-0.2, 0) is 6.61 Å². The molecule has 0 saturated heterocycles. The second kappa shape index (κ2) is 4.31. The molecule has 0 amide bonds. The predicted octanol–water partition coefficient (Wildman–Crippen LogP) is 3.49. The third-order valence-electron chi connectivity index (χ3n) is 3.33. The summed E-state index contributed by atoms with van der Waals surface area (Å²) in [7, 11) is 1.63. The standard InChI is InChI=1S/C16H14O2/c1-18-16-7-6-13-8-11-4-2-3-5-12(11)9-14(13)15(16)10-17/h2-9,17H,10H2,1H3. The first-order valence-electron chi connectivity index (χ1n) is 5.92. The zero-order valence-electron chi connectivity index (χ0n) is 10.2. The summed E-state index contributed by atoms with van der Waals surface area (Å²) in [6, 6.07) is 16.4. The molecule has 3 rings (SSSR count). The van der Waals surface area contributed by atoms with Crippen molar-refractivity contribution in [3.05, 3.63) is 54.1 Å². The summed E-state index contributed by atoms with van der Waals surface area (Å²) < 4.78 is 5.30. The number of aliphatic hydroxyl groups excluding tert-OH is 1. The fraction of sp³-hybridized carbons (Fsp3) is 0.125. The molecule has 0 aliphatic carbocycles. The van der Waals surface area contributed by atoms with Crippen LogP contribution in [0.15, 0.2) is 48.5 Å². The normalized spacial score (nSPS) is 11.0. The van der Waals surface area contributed by atoms with Crippen LogP contribution in [0.25, 0.3) is 21.5 Å². The molecule has 0 radical (unpaired) electrons. The quantitative estimate of drug-likeness (QED) is 0.692. The molecule has 0 bridgehead atoms. The van der Waals surface area contributed by atoms with Crippen LogP contribution >= 0.6 is 0 Å². The highest BCUT2D eigenvalue weighted by molar-refractivity contribution is 6.00. The van der Waals surface area contributed by atoms with Gasteiger partial charge in [-0.15, -0.1) is 0 Å². The molecule has 2 heteroatoms. The molecule has 0 unspecified atom stereocenters. The molecule has 0 aliphatic rings. The van der Waals surface area contributed by atoms with Crippen LogP contribution in [0.1, 0.15) is 5.56 Å². The maximum atomic E-state index is 9.54. The maximum absolute atomic E-state index is 9.54. The molecule has 1 N–H and O–H groups in total. The summed E-state index contributed by atoms with van der Waals surface area (Å²) in [4.78, 5) is 0. The summed E-state index contributed by atoms with van der Waals surface area (Å²) in [6.45, 7) is -0.0150. The Morgan fingerprint density at radius 3 is 2.33 bits per heavy atom. The van der Waals surface area contributed by atoms with Gasteiger partial charge in [0.25, 0.3) is 0 Å². The third kappa shape index (κ3) is 1.62. The van der Waals surface area contributed by atoms with Crippen LogP contribution in [0.3, 0.4) is 0 Å². The summed E-state index contributed by atoms with van der Waals surface area (Å²) >= 11 is 0. The first kappa shape index (κ1) is 11.1. The lowest BCUT2D eigenvalue weighted by atomic mass is 9.99. The van der Waals surface area contributed by atoms with E-state index in [9.17, 15) is 5.11 Å². The predicted molar refractivity (Wildman–Crippen MR) is 73.9 cm³/mol. The molecule has 0 saturated carbocycles. The van der Waals surface area contributed by atoms with Crippen molar-refractivity contribution in [1.82, 2.24) is 0 Å². The minimum Gasteiger partial charge on any atom is -0.496 e. The van der Waals surface area contributed by atoms with Crippen molar-refractivity contribution in [2.24, 2.45) is 0 Å². The number of rotatable bonds is 2. The minimum absolute atomic E-state index is 0.0150. The van der Waals surface area contributed by atoms with Gasteiger partial charge in [-0.1, -0.05) is 30.3 Å². The molecular weight excluding hydrogens is 224 g/mol. The molecular formula is C16H14O2.